The Morgan fingerprint density at radius 3 is 2.56 bits per heavy atom. The molecule has 1 aromatic carbocycles. The first-order valence-corrected chi connectivity index (χ1v) is 11.7. The molecule has 4 heterocycles. The fourth-order valence-electron chi connectivity index (χ4n) is 4.65. The average molecular weight is 462 g/mol. The summed E-state index contributed by atoms with van der Waals surface area (Å²) in [6, 6.07) is 10.6. The number of piperazine rings is 1. The van der Waals surface area contributed by atoms with Gasteiger partial charge in [-0.1, -0.05) is 18.2 Å². The molecule has 5 rings (SSSR count). The van der Waals surface area contributed by atoms with E-state index >= 15 is 0 Å². The maximum absolute atomic E-state index is 11.7. The molecular weight excluding hydrogens is 430 g/mol. The van der Waals surface area contributed by atoms with Crippen LogP contribution in [0.2, 0.25) is 0 Å². The predicted molar refractivity (Wildman–Crippen MR) is 134 cm³/mol. The van der Waals surface area contributed by atoms with Gasteiger partial charge in [0.1, 0.15) is 11.3 Å². The number of rotatable bonds is 5. The van der Waals surface area contributed by atoms with Crippen molar-refractivity contribution in [2.75, 3.05) is 36.4 Å². The van der Waals surface area contributed by atoms with Crippen LogP contribution >= 0.6 is 0 Å². The molecule has 178 valence electrons. The molecule has 0 aliphatic carbocycles. The van der Waals surface area contributed by atoms with Crippen LogP contribution in [-0.2, 0) is 18.4 Å². The Balaban J connectivity index is 1.50. The summed E-state index contributed by atoms with van der Waals surface area (Å²) < 4.78 is 4.00. The second-order valence-corrected chi connectivity index (χ2v) is 9.19. The van der Waals surface area contributed by atoms with E-state index in [1.807, 2.05) is 41.6 Å². The number of fused-ring (bicyclic) bond motifs is 2. The minimum atomic E-state index is 0.0833. The highest BCUT2D eigenvalue weighted by molar-refractivity contribution is 5.94. The first kappa shape index (κ1) is 22.1. The lowest BCUT2D eigenvalue weighted by Gasteiger charge is -2.34. The van der Waals surface area contributed by atoms with Gasteiger partial charge in [0.25, 0.3) is 0 Å². The molecule has 0 atom stereocenters. The number of anilines is 2. The second-order valence-electron chi connectivity index (χ2n) is 9.19. The molecule has 9 heteroatoms. The van der Waals surface area contributed by atoms with Crippen molar-refractivity contribution >= 4 is 39.5 Å². The number of carbonyl (C=O) groups is 1. The number of aromatic nitrogens is 4. The second kappa shape index (κ2) is 8.55. The maximum Gasteiger partial charge on any atom is 0.228 e. The highest BCUT2D eigenvalue weighted by atomic mass is 16.3. The Bertz CT molecular complexity index is 1360. The van der Waals surface area contributed by atoms with Crippen LogP contribution in [0.5, 0.6) is 5.88 Å². The number of para-hydroxylation sites is 1. The van der Waals surface area contributed by atoms with Gasteiger partial charge in [0, 0.05) is 63.6 Å². The van der Waals surface area contributed by atoms with Crippen molar-refractivity contribution in [3.05, 3.63) is 42.2 Å². The van der Waals surface area contributed by atoms with E-state index in [2.05, 4.69) is 40.0 Å². The van der Waals surface area contributed by atoms with Crippen molar-refractivity contribution in [3.8, 4) is 5.88 Å². The summed E-state index contributed by atoms with van der Waals surface area (Å²) in [5.74, 6) is 1.48. The van der Waals surface area contributed by atoms with Gasteiger partial charge in [0.2, 0.25) is 17.7 Å². The summed E-state index contributed by atoms with van der Waals surface area (Å²) in [5.41, 5.74) is 2.85. The van der Waals surface area contributed by atoms with Crippen molar-refractivity contribution in [1.29, 1.82) is 0 Å². The molecule has 0 unspecified atom stereocenters. The molecule has 4 aromatic rings. The van der Waals surface area contributed by atoms with Gasteiger partial charge in [0.15, 0.2) is 0 Å². The molecule has 0 bridgehead atoms. The largest absolute Gasteiger partial charge is 0.493 e. The van der Waals surface area contributed by atoms with Crippen molar-refractivity contribution < 1.29 is 9.90 Å². The smallest absolute Gasteiger partial charge is 0.228 e. The molecular formula is C25H31N7O2. The Labute approximate surface area is 198 Å². The Morgan fingerprint density at radius 1 is 1.15 bits per heavy atom. The molecule has 1 amide bonds. The van der Waals surface area contributed by atoms with Crippen molar-refractivity contribution in [2.45, 2.75) is 33.4 Å². The van der Waals surface area contributed by atoms with Crippen LogP contribution < -0.4 is 10.2 Å². The summed E-state index contributed by atoms with van der Waals surface area (Å²) in [6.45, 7) is 8.80. The molecule has 1 saturated heterocycles. The zero-order chi connectivity index (χ0) is 24.0. The number of hydrogen-bond acceptors (Lipinski definition) is 6. The molecule has 1 aliphatic rings. The number of aromatic hydroxyl groups is 1. The van der Waals surface area contributed by atoms with E-state index in [4.69, 9.17) is 9.97 Å². The van der Waals surface area contributed by atoms with E-state index in [1.54, 1.807) is 6.92 Å². The molecule has 0 saturated carbocycles. The number of nitrogens with zero attached hydrogens (tertiary/aromatic N) is 6. The summed E-state index contributed by atoms with van der Waals surface area (Å²) in [4.78, 5) is 25.2. The van der Waals surface area contributed by atoms with Crippen molar-refractivity contribution in [1.82, 2.24) is 24.0 Å². The summed E-state index contributed by atoms with van der Waals surface area (Å²) in [5, 5.41) is 16.4. The third-order valence-corrected chi connectivity index (χ3v) is 6.71. The summed E-state index contributed by atoms with van der Waals surface area (Å²) in [6.07, 6.45) is 1.91. The Morgan fingerprint density at radius 2 is 1.88 bits per heavy atom. The molecule has 9 nitrogen and oxygen atoms in total. The molecule has 0 spiro atoms. The lowest BCUT2D eigenvalue weighted by Crippen LogP contribution is -2.48. The summed E-state index contributed by atoms with van der Waals surface area (Å²) in [7, 11) is 2.07. The van der Waals surface area contributed by atoms with Crippen LogP contribution in [0, 0.1) is 0 Å². The number of aryl methyl sites for hydroxylation is 1. The van der Waals surface area contributed by atoms with Gasteiger partial charge in [-0.15, -0.1) is 0 Å². The van der Waals surface area contributed by atoms with Crippen molar-refractivity contribution in [3.63, 3.8) is 0 Å². The topological polar surface area (TPSA) is 91.5 Å². The fraction of sp³-hybridized carbons (Fsp3) is 0.400. The SMILES string of the molecule is CC(=O)N1CCN(c2nc(NCc3cc4ccccc4n3C)c3cn(C(C)C)c(O)c3n2)CC1. The Kier molecular flexibility index (Phi) is 5.55. The number of hydrogen-bond donors (Lipinski definition) is 2. The van der Waals surface area contributed by atoms with Crippen molar-refractivity contribution in [2.24, 2.45) is 7.05 Å². The summed E-state index contributed by atoms with van der Waals surface area (Å²) >= 11 is 0. The third-order valence-electron chi connectivity index (χ3n) is 6.71. The number of benzene rings is 1. The van der Waals surface area contributed by atoms with Gasteiger partial charge in [-0.2, -0.15) is 4.98 Å². The highest BCUT2D eigenvalue weighted by Crippen LogP contribution is 2.34. The molecule has 1 fully saturated rings. The minimum Gasteiger partial charge on any atom is -0.493 e. The predicted octanol–water partition coefficient (Wildman–Crippen LogP) is 3.49. The third kappa shape index (κ3) is 3.81. The average Bonchev–Trinajstić information content (AvgIpc) is 3.34. The Hall–Kier alpha value is -3.75. The number of amides is 1. The van der Waals surface area contributed by atoms with Gasteiger partial charge in [-0.25, -0.2) is 4.98 Å². The van der Waals surface area contributed by atoms with Gasteiger partial charge in [-0.3, -0.25) is 4.79 Å². The monoisotopic (exact) mass is 461 g/mol. The van der Waals surface area contributed by atoms with Gasteiger partial charge < -0.3 is 29.4 Å². The molecule has 1 aliphatic heterocycles. The molecule has 0 radical (unpaired) electrons. The minimum absolute atomic E-state index is 0.0833. The standard InChI is InChI=1S/C25H31N7O2/c1-16(2)32-15-20-22(24(32)34)27-25(31-11-9-30(10-12-31)17(3)33)28-23(20)26-14-19-13-18-7-5-6-8-21(18)29(19)4/h5-8,13,15-16,34H,9-12,14H2,1-4H3,(H,26,27,28). The highest BCUT2D eigenvalue weighted by Gasteiger charge is 2.24. The van der Waals surface area contributed by atoms with E-state index in [0.717, 1.165) is 11.1 Å². The van der Waals surface area contributed by atoms with E-state index in [9.17, 15) is 9.90 Å². The fourth-order valence-corrected chi connectivity index (χ4v) is 4.65. The lowest BCUT2D eigenvalue weighted by molar-refractivity contribution is -0.129. The lowest BCUT2D eigenvalue weighted by atomic mass is 10.2. The van der Waals surface area contributed by atoms with E-state index in [0.29, 0.717) is 50.0 Å². The molecule has 34 heavy (non-hydrogen) atoms. The zero-order valence-corrected chi connectivity index (χ0v) is 20.1. The van der Waals surface area contributed by atoms with E-state index in [1.165, 1.54) is 10.9 Å². The van der Waals surface area contributed by atoms with Crippen LogP contribution in [0.1, 0.15) is 32.5 Å². The quantitative estimate of drug-likeness (QED) is 0.473. The maximum atomic E-state index is 11.7. The zero-order valence-electron chi connectivity index (χ0n) is 20.1. The first-order chi connectivity index (χ1) is 16.3. The molecule has 2 N–H and O–H groups in total. The van der Waals surface area contributed by atoms with Crippen LogP contribution in [0.25, 0.3) is 21.8 Å². The van der Waals surface area contributed by atoms with Crippen LogP contribution in [0.3, 0.4) is 0 Å². The van der Waals surface area contributed by atoms with Crippen LogP contribution in [-0.4, -0.2) is 61.2 Å². The van der Waals surface area contributed by atoms with Crippen LogP contribution in [0.15, 0.2) is 36.5 Å². The molecule has 3 aromatic heterocycles. The normalized spacial score (nSPS) is 14.5. The first-order valence-electron chi connectivity index (χ1n) is 11.7. The van der Waals surface area contributed by atoms with Crippen LogP contribution in [0.4, 0.5) is 11.8 Å². The number of nitrogens with one attached hydrogen (secondary N) is 1. The van der Waals surface area contributed by atoms with E-state index in [-0.39, 0.29) is 17.8 Å². The van der Waals surface area contributed by atoms with Gasteiger partial charge >= 0.3 is 0 Å². The number of carbonyl (C=O) groups excluding carboxylic acids is 1. The van der Waals surface area contributed by atoms with Gasteiger partial charge in [0.05, 0.1) is 11.9 Å². The van der Waals surface area contributed by atoms with Gasteiger partial charge in [-0.05, 0) is 31.4 Å². The van der Waals surface area contributed by atoms with E-state index < -0.39 is 0 Å².